The molecule has 1 heterocycles. The predicted octanol–water partition coefficient (Wildman–Crippen LogP) is 5.09. The van der Waals surface area contributed by atoms with Gasteiger partial charge in [-0.3, -0.25) is 0 Å². The molecule has 0 aliphatic heterocycles. The van der Waals surface area contributed by atoms with Crippen molar-refractivity contribution in [3.05, 3.63) is 54.1 Å². The Bertz CT molecular complexity index is 649. The Hall–Kier alpha value is -1.67. The maximum atomic E-state index is 4.70. The SMILES string of the molecule is CC(C)c1cccc(-c2nc3ccccc3s2)c1. The van der Waals surface area contributed by atoms with Crippen LogP contribution in [-0.4, -0.2) is 4.98 Å². The van der Waals surface area contributed by atoms with Crippen molar-refractivity contribution in [2.24, 2.45) is 0 Å². The summed E-state index contributed by atoms with van der Waals surface area (Å²) in [6, 6.07) is 17.0. The zero-order valence-electron chi connectivity index (χ0n) is 10.6. The zero-order valence-corrected chi connectivity index (χ0v) is 11.4. The van der Waals surface area contributed by atoms with Gasteiger partial charge in [0.1, 0.15) is 5.01 Å². The third-order valence-electron chi connectivity index (χ3n) is 3.09. The van der Waals surface area contributed by atoms with Crippen LogP contribution in [0.2, 0.25) is 0 Å². The minimum absolute atomic E-state index is 0.555. The first-order valence-electron chi connectivity index (χ1n) is 6.20. The lowest BCUT2D eigenvalue weighted by molar-refractivity contribution is 0.867. The second-order valence-corrected chi connectivity index (χ2v) is 5.80. The number of rotatable bonds is 2. The van der Waals surface area contributed by atoms with Crippen LogP contribution in [0.15, 0.2) is 48.5 Å². The maximum Gasteiger partial charge on any atom is 0.124 e. The van der Waals surface area contributed by atoms with E-state index in [9.17, 15) is 0 Å². The van der Waals surface area contributed by atoms with Crippen molar-refractivity contribution in [2.45, 2.75) is 19.8 Å². The van der Waals surface area contributed by atoms with E-state index in [0.29, 0.717) is 5.92 Å². The van der Waals surface area contributed by atoms with Gasteiger partial charge in [-0.25, -0.2) is 4.98 Å². The van der Waals surface area contributed by atoms with Crippen LogP contribution in [-0.2, 0) is 0 Å². The van der Waals surface area contributed by atoms with Gasteiger partial charge in [-0.05, 0) is 29.7 Å². The summed E-state index contributed by atoms with van der Waals surface area (Å²) < 4.78 is 1.25. The molecule has 0 N–H and O–H groups in total. The van der Waals surface area contributed by atoms with Crippen molar-refractivity contribution in [2.75, 3.05) is 0 Å². The summed E-state index contributed by atoms with van der Waals surface area (Å²) in [7, 11) is 0. The fraction of sp³-hybridized carbons (Fsp3) is 0.188. The van der Waals surface area contributed by atoms with Gasteiger partial charge in [0.15, 0.2) is 0 Å². The van der Waals surface area contributed by atoms with Crippen molar-refractivity contribution in [1.29, 1.82) is 0 Å². The van der Waals surface area contributed by atoms with Gasteiger partial charge in [0.05, 0.1) is 10.2 Å². The van der Waals surface area contributed by atoms with Gasteiger partial charge < -0.3 is 0 Å². The molecule has 0 spiro atoms. The number of aromatic nitrogens is 1. The lowest BCUT2D eigenvalue weighted by atomic mass is 10.0. The summed E-state index contributed by atoms with van der Waals surface area (Å²) in [6.45, 7) is 4.44. The van der Waals surface area contributed by atoms with Crippen molar-refractivity contribution in [3.63, 3.8) is 0 Å². The van der Waals surface area contributed by atoms with Crippen LogP contribution in [0, 0.1) is 0 Å². The van der Waals surface area contributed by atoms with Gasteiger partial charge in [0, 0.05) is 5.56 Å². The Balaban J connectivity index is 2.11. The van der Waals surface area contributed by atoms with E-state index in [0.717, 1.165) is 10.5 Å². The first-order chi connectivity index (χ1) is 8.74. The van der Waals surface area contributed by atoms with Crippen molar-refractivity contribution in [3.8, 4) is 10.6 Å². The monoisotopic (exact) mass is 253 g/mol. The highest BCUT2D eigenvalue weighted by atomic mass is 32.1. The molecule has 0 radical (unpaired) electrons. The predicted molar refractivity (Wildman–Crippen MR) is 79.1 cm³/mol. The fourth-order valence-corrected chi connectivity index (χ4v) is 2.99. The van der Waals surface area contributed by atoms with Gasteiger partial charge >= 0.3 is 0 Å². The number of fused-ring (bicyclic) bond motifs is 1. The number of hydrogen-bond donors (Lipinski definition) is 0. The van der Waals surface area contributed by atoms with Crippen LogP contribution in [0.25, 0.3) is 20.8 Å². The quantitative estimate of drug-likeness (QED) is 0.620. The number of para-hydroxylation sites is 1. The lowest BCUT2D eigenvalue weighted by Crippen LogP contribution is -1.87. The van der Waals surface area contributed by atoms with E-state index >= 15 is 0 Å². The molecule has 2 aromatic carbocycles. The van der Waals surface area contributed by atoms with Gasteiger partial charge in [-0.15, -0.1) is 11.3 Å². The molecule has 2 heteroatoms. The van der Waals surface area contributed by atoms with Crippen LogP contribution >= 0.6 is 11.3 Å². The number of nitrogens with zero attached hydrogens (tertiary/aromatic N) is 1. The number of hydrogen-bond acceptors (Lipinski definition) is 2. The Morgan fingerprint density at radius 2 is 1.83 bits per heavy atom. The Morgan fingerprint density at radius 3 is 2.61 bits per heavy atom. The smallest absolute Gasteiger partial charge is 0.124 e. The molecule has 0 bridgehead atoms. The van der Waals surface area contributed by atoms with Gasteiger partial charge in [-0.1, -0.05) is 44.2 Å². The standard InChI is InChI=1S/C16H15NS/c1-11(2)12-6-5-7-13(10-12)16-17-14-8-3-4-9-15(14)18-16/h3-11H,1-2H3. The lowest BCUT2D eigenvalue weighted by Gasteiger charge is -2.06. The van der Waals surface area contributed by atoms with Crippen LogP contribution in [0.5, 0.6) is 0 Å². The maximum absolute atomic E-state index is 4.70. The first kappa shape index (κ1) is 11.4. The molecule has 0 saturated carbocycles. The van der Waals surface area contributed by atoms with E-state index < -0.39 is 0 Å². The fourth-order valence-electron chi connectivity index (χ4n) is 2.03. The summed E-state index contributed by atoms with van der Waals surface area (Å²) in [5, 5.41) is 1.11. The zero-order chi connectivity index (χ0) is 12.5. The van der Waals surface area contributed by atoms with Crippen LogP contribution < -0.4 is 0 Å². The van der Waals surface area contributed by atoms with Crippen LogP contribution in [0.4, 0.5) is 0 Å². The van der Waals surface area contributed by atoms with Crippen molar-refractivity contribution in [1.82, 2.24) is 4.98 Å². The molecule has 1 nitrogen and oxygen atoms in total. The molecular weight excluding hydrogens is 238 g/mol. The highest BCUT2D eigenvalue weighted by Gasteiger charge is 2.07. The summed E-state index contributed by atoms with van der Waals surface area (Å²) >= 11 is 1.76. The molecule has 0 unspecified atom stereocenters. The second-order valence-electron chi connectivity index (χ2n) is 4.77. The molecule has 90 valence electrons. The average molecular weight is 253 g/mol. The molecule has 0 aliphatic rings. The van der Waals surface area contributed by atoms with E-state index in [1.165, 1.54) is 15.8 Å². The molecule has 0 fully saturated rings. The third-order valence-corrected chi connectivity index (χ3v) is 4.18. The number of benzene rings is 2. The topological polar surface area (TPSA) is 12.9 Å². The molecule has 3 aromatic rings. The van der Waals surface area contributed by atoms with Crippen LogP contribution in [0.3, 0.4) is 0 Å². The molecule has 18 heavy (non-hydrogen) atoms. The molecule has 1 aromatic heterocycles. The van der Waals surface area contributed by atoms with Crippen molar-refractivity contribution >= 4 is 21.6 Å². The summed E-state index contributed by atoms with van der Waals surface area (Å²) in [5.74, 6) is 0.555. The van der Waals surface area contributed by atoms with Gasteiger partial charge in [0.2, 0.25) is 0 Å². The van der Waals surface area contributed by atoms with E-state index in [1.807, 2.05) is 6.07 Å². The van der Waals surface area contributed by atoms with Gasteiger partial charge in [0.25, 0.3) is 0 Å². The third kappa shape index (κ3) is 2.04. The molecule has 3 rings (SSSR count). The minimum atomic E-state index is 0.555. The largest absolute Gasteiger partial charge is 0.236 e. The normalized spacial score (nSPS) is 11.3. The minimum Gasteiger partial charge on any atom is -0.236 e. The van der Waals surface area contributed by atoms with Crippen LogP contribution in [0.1, 0.15) is 25.3 Å². The summed E-state index contributed by atoms with van der Waals surface area (Å²) in [4.78, 5) is 4.70. The number of thiazole rings is 1. The molecule has 0 saturated heterocycles. The Labute approximate surface area is 111 Å². The molecule has 0 atom stereocenters. The van der Waals surface area contributed by atoms with Gasteiger partial charge in [-0.2, -0.15) is 0 Å². The highest BCUT2D eigenvalue weighted by Crippen LogP contribution is 2.31. The molecular formula is C16H15NS. The van der Waals surface area contributed by atoms with E-state index in [1.54, 1.807) is 11.3 Å². The summed E-state index contributed by atoms with van der Waals surface area (Å²) in [5.41, 5.74) is 3.68. The van der Waals surface area contributed by atoms with E-state index in [-0.39, 0.29) is 0 Å². The Kier molecular flexibility index (Phi) is 2.88. The highest BCUT2D eigenvalue weighted by molar-refractivity contribution is 7.21. The summed E-state index contributed by atoms with van der Waals surface area (Å²) in [6.07, 6.45) is 0. The molecule has 0 aliphatic carbocycles. The average Bonchev–Trinajstić information content (AvgIpc) is 2.82. The van der Waals surface area contributed by atoms with E-state index in [4.69, 9.17) is 4.98 Å². The first-order valence-corrected chi connectivity index (χ1v) is 7.01. The van der Waals surface area contributed by atoms with Crippen molar-refractivity contribution < 1.29 is 0 Å². The van der Waals surface area contributed by atoms with E-state index in [2.05, 4.69) is 56.3 Å². The second kappa shape index (κ2) is 4.54. The Morgan fingerprint density at radius 1 is 1.00 bits per heavy atom. The molecule has 0 amide bonds.